The first kappa shape index (κ1) is 13.7. The van der Waals surface area contributed by atoms with Crippen LogP contribution in [0.15, 0.2) is 42.5 Å². The first-order chi connectivity index (χ1) is 10.7. The number of hydrogen-bond donors (Lipinski definition) is 1. The average molecular weight is 310 g/mol. The number of hydrogen-bond acceptors (Lipinski definition) is 3. The van der Waals surface area contributed by atoms with Gasteiger partial charge >= 0.3 is 0 Å². The zero-order valence-corrected chi connectivity index (χ0v) is 13.1. The molecule has 22 heavy (non-hydrogen) atoms. The van der Waals surface area contributed by atoms with Crippen LogP contribution in [0.4, 0.5) is 11.4 Å². The van der Waals surface area contributed by atoms with Gasteiger partial charge in [0.1, 0.15) is 5.37 Å². The van der Waals surface area contributed by atoms with Crippen LogP contribution in [0.2, 0.25) is 0 Å². The Morgan fingerprint density at radius 3 is 2.64 bits per heavy atom. The van der Waals surface area contributed by atoms with E-state index in [0.717, 1.165) is 23.4 Å². The van der Waals surface area contributed by atoms with Crippen LogP contribution in [-0.2, 0) is 17.6 Å². The van der Waals surface area contributed by atoms with Crippen molar-refractivity contribution in [2.75, 3.05) is 16.4 Å². The van der Waals surface area contributed by atoms with Gasteiger partial charge in [-0.2, -0.15) is 0 Å². The number of rotatable bonds is 2. The molecule has 0 saturated carbocycles. The Morgan fingerprint density at radius 1 is 1.05 bits per heavy atom. The topological polar surface area (TPSA) is 46.3 Å². The van der Waals surface area contributed by atoms with Crippen molar-refractivity contribution in [2.24, 2.45) is 0 Å². The standard InChI is InChI=1S/C18H18N2OS/c19-15-7-4-13(5-8-15)18-20(17(21)11-22-18)16-9-6-12-2-1-3-14(12)10-16/h4-10,18H,1-3,11,19H2/t18-/m0/s1. The molecule has 0 bridgehead atoms. The molecule has 4 rings (SSSR count). The Labute approximate surface area is 134 Å². The molecule has 1 amide bonds. The normalized spacial score (nSPS) is 20.5. The Kier molecular flexibility index (Phi) is 3.34. The predicted molar refractivity (Wildman–Crippen MR) is 92.0 cm³/mol. The molecule has 4 heteroatoms. The van der Waals surface area contributed by atoms with Crippen molar-refractivity contribution in [1.29, 1.82) is 0 Å². The fraction of sp³-hybridized carbons (Fsp3) is 0.278. The summed E-state index contributed by atoms with van der Waals surface area (Å²) < 4.78 is 0. The molecule has 2 N–H and O–H groups in total. The maximum Gasteiger partial charge on any atom is 0.238 e. The molecule has 3 nitrogen and oxygen atoms in total. The van der Waals surface area contributed by atoms with Crippen molar-refractivity contribution in [3.05, 3.63) is 59.2 Å². The van der Waals surface area contributed by atoms with Crippen molar-refractivity contribution in [3.63, 3.8) is 0 Å². The smallest absolute Gasteiger partial charge is 0.238 e. The van der Waals surface area contributed by atoms with Crippen LogP contribution in [0.5, 0.6) is 0 Å². The van der Waals surface area contributed by atoms with Crippen molar-refractivity contribution in [1.82, 2.24) is 0 Å². The van der Waals surface area contributed by atoms with Gasteiger partial charge in [-0.1, -0.05) is 18.2 Å². The van der Waals surface area contributed by atoms with Gasteiger partial charge < -0.3 is 5.73 Å². The highest BCUT2D eigenvalue weighted by Gasteiger charge is 2.34. The van der Waals surface area contributed by atoms with E-state index in [4.69, 9.17) is 5.73 Å². The lowest BCUT2D eigenvalue weighted by Gasteiger charge is -2.25. The van der Waals surface area contributed by atoms with Gasteiger partial charge in [0.05, 0.1) is 5.75 Å². The van der Waals surface area contributed by atoms with Crippen LogP contribution in [0.1, 0.15) is 28.5 Å². The number of carbonyl (C=O) groups is 1. The van der Waals surface area contributed by atoms with Gasteiger partial charge in [-0.15, -0.1) is 11.8 Å². The monoisotopic (exact) mass is 310 g/mol. The second-order valence-corrected chi connectivity index (χ2v) is 6.97. The van der Waals surface area contributed by atoms with Crippen LogP contribution < -0.4 is 10.6 Å². The van der Waals surface area contributed by atoms with E-state index in [1.165, 1.54) is 24.0 Å². The van der Waals surface area contributed by atoms with Gasteiger partial charge in [0.25, 0.3) is 0 Å². The zero-order chi connectivity index (χ0) is 15.1. The summed E-state index contributed by atoms with van der Waals surface area (Å²) in [7, 11) is 0. The van der Waals surface area contributed by atoms with Crippen LogP contribution in [0.3, 0.4) is 0 Å². The predicted octanol–water partition coefficient (Wildman–Crippen LogP) is 3.54. The number of nitrogen functional groups attached to an aromatic ring is 1. The van der Waals surface area contributed by atoms with Crippen LogP contribution >= 0.6 is 11.8 Å². The van der Waals surface area contributed by atoms with Gasteiger partial charge in [-0.25, -0.2) is 0 Å². The molecule has 2 aromatic rings. The number of benzene rings is 2. The summed E-state index contributed by atoms with van der Waals surface area (Å²) in [5.41, 5.74) is 11.5. The largest absolute Gasteiger partial charge is 0.399 e. The van der Waals surface area contributed by atoms with Crippen molar-refractivity contribution in [2.45, 2.75) is 24.6 Å². The summed E-state index contributed by atoms with van der Waals surface area (Å²) in [6.45, 7) is 0. The molecule has 1 fully saturated rings. The third kappa shape index (κ3) is 2.28. The summed E-state index contributed by atoms with van der Waals surface area (Å²) in [5.74, 6) is 0.719. The maximum absolute atomic E-state index is 12.4. The van der Waals surface area contributed by atoms with Crippen molar-refractivity contribution < 1.29 is 4.79 Å². The Balaban J connectivity index is 1.71. The van der Waals surface area contributed by atoms with Crippen molar-refractivity contribution >= 4 is 29.0 Å². The van der Waals surface area contributed by atoms with E-state index in [2.05, 4.69) is 18.2 Å². The van der Waals surface area contributed by atoms with E-state index in [9.17, 15) is 4.79 Å². The minimum absolute atomic E-state index is 0.0487. The van der Waals surface area contributed by atoms with Crippen molar-refractivity contribution in [3.8, 4) is 0 Å². The molecule has 1 saturated heterocycles. The van der Waals surface area contributed by atoms with E-state index in [0.29, 0.717) is 5.75 Å². The molecule has 1 heterocycles. The minimum atomic E-state index is 0.0487. The minimum Gasteiger partial charge on any atom is -0.399 e. The fourth-order valence-corrected chi connectivity index (χ4v) is 4.50. The second-order valence-electron chi connectivity index (χ2n) is 5.90. The number of thioether (sulfide) groups is 1. The highest BCUT2D eigenvalue weighted by atomic mass is 32.2. The molecule has 2 aliphatic rings. The molecule has 112 valence electrons. The summed E-state index contributed by atoms with van der Waals surface area (Å²) in [6, 6.07) is 14.3. The molecule has 0 spiro atoms. The number of amides is 1. The molecule has 0 unspecified atom stereocenters. The van der Waals surface area contributed by atoms with Crippen LogP contribution in [0.25, 0.3) is 0 Å². The molecule has 0 radical (unpaired) electrons. The van der Waals surface area contributed by atoms with Crippen LogP contribution in [-0.4, -0.2) is 11.7 Å². The summed E-state index contributed by atoms with van der Waals surface area (Å²) in [4.78, 5) is 14.3. The van der Waals surface area contributed by atoms with Gasteiger partial charge in [0.15, 0.2) is 0 Å². The highest BCUT2D eigenvalue weighted by molar-refractivity contribution is 8.00. The third-order valence-electron chi connectivity index (χ3n) is 4.45. The molecule has 1 atom stereocenters. The Hall–Kier alpha value is -1.94. The molecular formula is C18H18N2OS. The van der Waals surface area contributed by atoms with E-state index in [-0.39, 0.29) is 11.3 Å². The van der Waals surface area contributed by atoms with Gasteiger partial charge in [0, 0.05) is 11.4 Å². The van der Waals surface area contributed by atoms with E-state index in [1.54, 1.807) is 11.8 Å². The first-order valence-corrected chi connectivity index (χ1v) is 8.68. The van der Waals surface area contributed by atoms with E-state index < -0.39 is 0 Å². The average Bonchev–Trinajstić information content (AvgIpc) is 3.13. The molecule has 1 aliphatic carbocycles. The summed E-state index contributed by atoms with van der Waals surface area (Å²) in [5, 5.41) is 0.0487. The molecule has 0 aromatic heterocycles. The summed E-state index contributed by atoms with van der Waals surface area (Å²) >= 11 is 1.68. The zero-order valence-electron chi connectivity index (χ0n) is 12.3. The van der Waals surface area contributed by atoms with Gasteiger partial charge in [-0.3, -0.25) is 9.69 Å². The number of aryl methyl sites for hydroxylation is 2. The van der Waals surface area contributed by atoms with Gasteiger partial charge in [0.2, 0.25) is 5.91 Å². The quantitative estimate of drug-likeness (QED) is 0.863. The SMILES string of the molecule is Nc1ccc([C@@H]2SCC(=O)N2c2ccc3c(c2)CCC3)cc1. The number of carbonyl (C=O) groups excluding carboxylic acids is 1. The van der Waals surface area contributed by atoms with Crippen LogP contribution in [0, 0.1) is 0 Å². The Bertz CT molecular complexity index is 726. The lowest BCUT2D eigenvalue weighted by atomic mass is 10.1. The number of nitrogens with zero attached hydrogens (tertiary/aromatic N) is 1. The Morgan fingerprint density at radius 2 is 1.82 bits per heavy atom. The molecule has 2 aromatic carbocycles. The lowest BCUT2D eigenvalue weighted by molar-refractivity contribution is -0.115. The number of nitrogens with two attached hydrogens (primary N) is 1. The second kappa shape index (κ2) is 5.36. The number of fused-ring (bicyclic) bond motifs is 1. The van der Waals surface area contributed by atoms with E-state index in [1.807, 2.05) is 29.2 Å². The summed E-state index contributed by atoms with van der Waals surface area (Å²) in [6.07, 6.45) is 3.52. The first-order valence-electron chi connectivity index (χ1n) is 7.63. The highest BCUT2D eigenvalue weighted by Crippen LogP contribution is 2.42. The third-order valence-corrected chi connectivity index (χ3v) is 5.66. The maximum atomic E-state index is 12.4. The lowest BCUT2D eigenvalue weighted by Crippen LogP contribution is -2.27. The molecular weight excluding hydrogens is 292 g/mol. The van der Waals surface area contributed by atoms with Gasteiger partial charge in [-0.05, 0) is 60.2 Å². The molecule has 1 aliphatic heterocycles. The fourth-order valence-electron chi connectivity index (χ4n) is 3.32. The van der Waals surface area contributed by atoms with E-state index >= 15 is 0 Å². The number of anilines is 2.